The van der Waals surface area contributed by atoms with E-state index < -0.39 is 0 Å². The Hall–Kier alpha value is -1.22. The number of carbonyl (C=O) groups is 1. The predicted octanol–water partition coefficient (Wildman–Crippen LogP) is 4.31. The van der Waals surface area contributed by atoms with E-state index in [1.165, 1.54) is 11.3 Å². The molecule has 0 radical (unpaired) electrons. The number of carbonyl (C=O) groups excluding carboxylic acids is 1. The molecule has 0 atom stereocenters. The SMILES string of the molecule is CC1=C(Sc2ccccc2)C2(CCCCC2)OC1=O. The number of hydrogen-bond acceptors (Lipinski definition) is 3. The molecule has 0 unspecified atom stereocenters. The van der Waals surface area contributed by atoms with Gasteiger partial charge in [-0.1, -0.05) is 36.4 Å². The second-order valence-corrected chi connectivity index (χ2v) is 6.40. The van der Waals surface area contributed by atoms with Crippen LogP contribution in [0.25, 0.3) is 0 Å². The molecule has 3 heteroatoms. The normalized spacial score (nSPS) is 21.8. The highest BCUT2D eigenvalue weighted by atomic mass is 32.2. The number of esters is 1. The molecule has 1 aliphatic heterocycles. The van der Waals surface area contributed by atoms with Crippen LogP contribution in [0.15, 0.2) is 45.7 Å². The highest BCUT2D eigenvalue weighted by molar-refractivity contribution is 8.03. The fourth-order valence-corrected chi connectivity index (χ4v) is 4.16. The van der Waals surface area contributed by atoms with Crippen molar-refractivity contribution in [2.24, 2.45) is 0 Å². The zero-order valence-corrected chi connectivity index (χ0v) is 12.0. The first-order chi connectivity index (χ1) is 9.21. The first-order valence-corrected chi connectivity index (χ1v) is 7.70. The summed E-state index contributed by atoms with van der Waals surface area (Å²) in [5, 5.41) is 0. The molecular formula is C16H18O2S. The van der Waals surface area contributed by atoms with Gasteiger partial charge in [-0.15, -0.1) is 0 Å². The van der Waals surface area contributed by atoms with Gasteiger partial charge in [0, 0.05) is 15.4 Å². The summed E-state index contributed by atoms with van der Waals surface area (Å²) in [6.45, 7) is 1.90. The summed E-state index contributed by atoms with van der Waals surface area (Å²) in [4.78, 5) is 14.3. The monoisotopic (exact) mass is 274 g/mol. The van der Waals surface area contributed by atoms with Crippen molar-refractivity contribution in [1.82, 2.24) is 0 Å². The molecule has 1 aromatic rings. The molecule has 1 heterocycles. The van der Waals surface area contributed by atoms with E-state index in [0.29, 0.717) is 0 Å². The molecule has 1 saturated carbocycles. The number of hydrogen-bond donors (Lipinski definition) is 0. The van der Waals surface area contributed by atoms with Crippen molar-refractivity contribution in [2.75, 3.05) is 0 Å². The van der Waals surface area contributed by atoms with Crippen LogP contribution in [-0.2, 0) is 9.53 Å². The lowest BCUT2D eigenvalue weighted by molar-refractivity contribution is -0.148. The highest BCUT2D eigenvalue weighted by Gasteiger charge is 2.46. The maximum atomic E-state index is 12.0. The lowest BCUT2D eigenvalue weighted by atomic mass is 9.84. The summed E-state index contributed by atoms with van der Waals surface area (Å²) in [5.41, 5.74) is 0.482. The summed E-state index contributed by atoms with van der Waals surface area (Å²) in [6.07, 6.45) is 5.51. The van der Waals surface area contributed by atoms with Gasteiger partial charge in [0.05, 0.1) is 0 Å². The van der Waals surface area contributed by atoms with Crippen molar-refractivity contribution < 1.29 is 9.53 Å². The summed E-state index contributed by atoms with van der Waals surface area (Å²) < 4.78 is 5.75. The van der Waals surface area contributed by atoms with Crippen LogP contribution < -0.4 is 0 Å². The third-order valence-electron chi connectivity index (χ3n) is 3.97. The number of thioether (sulfide) groups is 1. The van der Waals surface area contributed by atoms with Crippen molar-refractivity contribution >= 4 is 17.7 Å². The van der Waals surface area contributed by atoms with E-state index in [0.717, 1.165) is 36.2 Å². The average Bonchev–Trinajstić information content (AvgIpc) is 2.66. The third kappa shape index (κ3) is 2.32. The molecular weight excluding hydrogens is 256 g/mol. The second kappa shape index (κ2) is 5.04. The molecule has 2 nitrogen and oxygen atoms in total. The maximum absolute atomic E-state index is 12.0. The minimum Gasteiger partial charge on any atom is -0.450 e. The molecule has 1 spiro atoms. The van der Waals surface area contributed by atoms with Crippen LogP contribution in [0.5, 0.6) is 0 Å². The number of benzene rings is 1. The summed E-state index contributed by atoms with van der Waals surface area (Å²) in [7, 11) is 0. The largest absolute Gasteiger partial charge is 0.450 e. The average molecular weight is 274 g/mol. The molecule has 1 aliphatic carbocycles. The van der Waals surface area contributed by atoms with Crippen molar-refractivity contribution in [3.8, 4) is 0 Å². The third-order valence-corrected chi connectivity index (χ3v) is 5.36. The molecule has 0 aromatic heterocycles. The lowest BCUT2D eigenvalue weighted by Crippen LogP contribution is -2.33. The fraction of sp³-hybridized carbons (Fsp3) is 0.438. The Morgan fingerprint density at radius 1 is 1.11 bits per heavy atom. The summed E-state index contributed by atoms with van der Waals surface area (Å²) >= 11 is 1.70. The molecule has 3 rings (SSSR count). The topological polar surface area (TPSA) is 26.3 Å². The van der Waals surface area contributed by atoms with Gasteiger partial charge in [0.15, 0.2) is 0 Å². The minimum atomic E-state index is -0.320. The molecule has 0 N–H and O–H groups in total. The van der Waals surface area contributed by atoms with Gasteiger partial charge in [0.1, 0.15) is 5.60 Å². The molecule has 1 aromatic carbocycles. The Labute approximate surface area is 118 Å². The zero-order valence-electron chi connectivity index (χ0n) is 11.1. The first-order valence-electron chi connectivity index (χ1n) is 6.89. The van der Waals surface area contributed by atoms with Gasteiger partial charge in [-0.05, 0) is 44.7 Å². The van der Waals surface area contributed by atoms with E-state index in [-0.39, 0.29) is 11.6 Å². The van der Waals surface area contributed by atoms with Crippen LogP contribution in [0.1, 0.15) is 39.0 Å². The molecule has 19 heavy (non-hydrogen) atoms. The van der Waals surface area contributed by atoms with Crippen LogP contribution in [0.2, 0.25) is 0 Å². The van der Waals surface area contributed by atoms with Crippen molar-refractivity contribution in [3.63, 3.8) is 0 Å². The standard InChI is InChI=1S/C16H18O2S/c1-12-14(19-13-8-4-2-5-9-13)16(18-15(12)17)10-6-3-7-11-16/h2,4-5,8-9H,3,6-7,10-11H2,1H3. The van der Waals surface area contributed by atoms with Gasteiger partial charge in [0.2, 0.25) is 0 Å². The number of rotatable bonds is 2. The van der Waals surface area contributed by atoms with Crippen LogP contribution >= 0.6 is 11.8 Å². The quantitative estimate of drug-likeness (QED) is 0.752. The van der Waals surface area contributed by atoms with Gasteiger partial charge >= 0.3 is 5.97 Å². The molecule has 1 fully saturated rings. The van der Waals surface area contributed by atoms with Gasteiger partial charge in [-0.2, -0.15) is 0 Å². The lowest BCUT2D eigenvalue weighted by Gasteiger charge is -2.34. The Bertz CT molecular complexity index is 513. The summed E-state index contributed by atoms with van der Waals surface area (Å²) in [5.74, 6) is -0.125. The minimum absolute atomic E-state index is 0.125. The highest BCUT2D eigenvalue weighted by Crippen LogP contribution is 2.50. The van der Waals surface area contributed by atoms with E-state index in [9.17, 15) is 4.79 Å². The molecule has 0 amide bonds. The Morgan fingerprint density at radius 3 is 2.47 bits per heavy atom. The van der Waals surface area contributed by atoms with Crippen LogP contribution in [0.3, 0.4) is 0 Å². The first kappa shape index (κ1) is 12.8. The molecule has 0 bridgehead atoms. The fourth-order valence-electron chi connectivity index (χ4n) is 2.96. The van der Waals surface area contributed by atoms with E-state index in [4.69, 9.17) is 4.74 Å². The van der Waals surface area contributed by atoms with Crippen LogP contribution in [0, 0.1) is 0 Å². The van der Waals surface area contributed by atoms with Gasteiger partial charge in [0.25, 0.3) is 0 Å². The zero-order chi connectivity index (χ0) is 13.3. The van der Waals surface area contributed by atoms with E-state index >= 15 is 0 Å². The summed E-state index contributed by atoms with van der Waals surface area (Å²) in [6, 6.07) is 10.2. The maximum Gasteiger partial charge on any atom is 0.335 e. The second-order valence-electron chi connectivity index (χ2n) is 5.31. The van der Waals surface area contributed by atoms with E-state index in [1.807, 2.05) is 25.1 Å². The van der Waals surface area contributed by atoms with Gasteiger partial charge in [-0.3, -0.25) is 0 Å². The molecule has 100 valence electrons. The van der Waals surface area contributed by atoms with Crippen LogP contribution in [0.4, 0.5) is 0 Å². The van der Waals surface area contributed by atoms with Crippen molar-refractivity contribution in [2.45, 2.75) is 49.5 Å². The van der Waals surface area contributed by atoms with E-state index in [1.54, 1.807) is 11.8 Å². The van der Waals surface area contributed by atoms with Crippen LogP contribution in [-0.4, -0.2) is 11.6 Å². The smallest absolute Gasteiger partial charge is 0.335 e. The number of ether oxygens (including phenoxy) is 1. The Kier molecular flexibility index (Phi) is 3.40. The van der Waals surface area contributed by atoms with Crippen molar-refractivity contribution in [1.29, 1.82) is 0 Å². The van der Waals surface area contributed by atoms with Crippen molar-refractivity contribution in [3.05, 3.63) is 40.8 Å². The Balaban J connectivity index is 1.93. The van der Waals surface area contributed by atoms with E-state index in [2.05, 4.69) is 12.1 Å². The predicted molar refractivity (Wildman–Crippen MR) is 76.9 cm³/mol. The Morgan fingerprint density at radius 2 is 1.79 bits per heavy atom. The van der Waals surface area contributed by atoms with Gasteiger partial charge in [-0.25, -0.2) is 4.79 Å². The molecule has 2 aliphatic rings. The molecule has 0 saturated heterocycles. The van der Waals surface area contributed by atoms with Gasteiger partial charge < -0.3 is 4.74 Å².